The van der Waals surface area contributed by atoms with Crippen LogP contribution in [0.2, 0.25) is 0 Å². The van der Waals surface area contributed by atoms with Gasteiger partial charge >= 0.3 is 0 Å². The van der Waals surface area contributed by atoms with E-state index >= 15 is 0 Å². The third-order valence-corrected chi connectivity index (χ3v) is 10.4. The van der Waals surface area contributed by atoms with Gasteiger partial charge in [0, 0.05) is 0 Å². The van der Waals surface area contributed by atoms with Gasteiger partial charge in [-0.15, -0.1) is 0 Å². The second-order valence-electron chi connectivity index (χ2n) is 12.1. The van der Waals surface area contributed by atoms with Crippen molar-refractivity contribution in [2.24, 2.45) is 46.3 Å². The highest BCUT2D eigenvalue weighted by Gasteiger charge is 2.59. The lowest BCUT2D eigenvalue weighted by Crippen LogP contribution is -2.53. The Bertz CT molecular complexity index is 512. The normalized spacial score (nSPS) is 49.6. The topological polar surface area (TPSA) is 20.2 Å². The van der Waals surface area contributed by atoms with Gasteiger partial charge in [-0.05, 0) is 111 Å². The van der Waals surface area contributed by atoms with Crippen LogP contribution in [0.5, 0.6) is 0 Å². The molecule has 1 N–H and O–H groups in total. The fourth-order valence-electron chi connectivity index (χ4n) is 8.76. The van der Waals surface area contributed by atoms with Gasteiger partial charge in [0.1, 0.15) is 0 Å². The molecule has 0 spiro atoms. The van der Waals surface area contributed by atoms with Gasteiger partial charge in [-0.25, -0.2) is 0 Å². The molecule has 0 aromatic rings. The average molecular weight is 375 g/mol. The van der Waals surface area contributed by atoms with Crippen LogP contribution in [0.15, 0.2) is 0 Å². The van der Waals surface area contributed by atoms with Crippen LogP contribution in [-0.2, 0) is 0 Å². The molecule has 0 aromatic heterocycles. The molecular weight excluding hydrogens is 328 g/mol. The van der Waals surface area contributed by atoms with E-state index in [1.807, 2.05) is 0 Å². The van der Waals surface area contributed by atoms with Crippen molar-refractivity contribution in [2.75, 3.05) is 0 Å². The summed E-state index contributed by atoms with van der Waals surface area (Å²) < 4.78 is 0. The van der Waals surface area contributed by atoms with Crippen molar-refractivity contribution in [3.8, 4) is 0 Å². The highest BCUT2D eigenvalue weighted by molar-refractivity contribution is 5.09. The number of hydrogen-bond donors (Lipinski definition) is 1. The van der Waals surface area contributed by atoms with Crippen LogP contribution in [-0.4, -0.2) is 11.2 Å². The Morgan fingerprint density at radius 3 is 2.37 bits per heavy atom. The fourth-order valence-corrected chi connectivity index (χ4v) is 8.76. The van der Waals surface area contributed by atoms with Crippen LogP contribution in [0.3, 0.4) is 0 Å². The fraction of sp³-hybridized carbons (Fsp3) is 1.00. The van der Waals surface area contributed by atoms with Gasteiger partial charge in [0.05, 0.1) is 6.10 Å². The Hall–Kier alpha value is -0.0400. The SMILES string of the molecule is CC(C)CCCC[C@H]1CCC2C3CC[C@@H]4C[C@@H](O)CC[C@]4(C)C3CC[C@@]21C. The molecule has 4 aliphatic rings. The van der Waals surface area contributed by atoms with E-state index in [9.17, 15) is 5.11 Å². The molecule has 4 fully saturated rings. The summed E-state index contributed by atoms with van der Waals surface area (Å²) in [5.41, 5.74) is 1.19. The van der Waals surface area contributed by atoms with Gasteiger partial charge in [0.25, 0.3) is 0 Å². The zero-order chi connectivity index (χ0) is 19.2. The Morgan fingerprint density at radius 1 is 0.852 bits per heavy atom. The number of aliphatic hydroxyl groups excluding tert-OH is 1. The molecule has 0 bridgehead atoms. The predicted octanol–water partition coefficient (Wildman–Crippen LogP) is 7.22. The molecule has 0 aromatic carbocycles. The molecule has 0 aliphatic heterocycles. The van der Waals surface area contributed by atoms with Crippen LogP contribution >= 0.6 is 0 Å². The van der Waals surface area contributed by atoms with Crippen molar-refractivity contribution in [3.05, 3.63) is 0 Å². The van der Waals surface area contributed by atoms with Crippen LogP contribution in [0.1, 0.15) is 111 Å². The maximum atomic E-state index is 10.2. The Kier molecular flexibility index (Phi) is 5.74. The van der Waals surface area contributed by atoms with Gasteiger partial charge in [-0.2, -0.15) is 0 Å². The maximum absolute atomic E-state index is 10.2. The second-order valence-corrected chi connectivity index (χ2v) is 12.1. The van der Waals surface area contributed by atoms with Gasteiger partial charge in [0.2, 0.25) is 0 Å². The zero-order valence-electron chi connectivity index (χ0n) is 18.7. The number of hydrogen-bond acceptors (Lipinski definition) is 1. The molecule has 4 aliphatic carbocycles. The smallest absolute Gasteiger partial charge is 0.0543 e. The number of unbranched alkanes of at least 4 members (excludes halogenated alkanes) is 1. The van der Waals surface area contributed by atoms with Crippen molar-refractivity contribution in [2.45, 2.75) is 117 Å². The van der Waals surface area contributed by atoms with E-state index in [4.69, 9.17) is 0 Å². The summed E-state index contributed by atoms with van der Waals surface area (Å²) in [6.07, 6.45) is 18.2. The van der Waals surface area contributed by atoms with E-state index in [1.165, 1.54) is 70.6 Å². The molecular formula is C26H46O. The standard InChI is InChI=1S/C26H46O/c1-18(2)7-5-6-8-19-10-12-23-22-11-9-20-17-21(27)13-15-26(20,4)24(22)14-16-25(19,23)3/h18-24,27H,5-17H2,1-4H3/t19-,20+,21-,22?,23?,24?,25+,26-/m0/s1. The van der Waals surface area contributed by atoms with E-state index in [-0.39, 0.29) is 6.10 Å². The molecule has 4 rings (SSSR count). The summed E-state index contributed by atoms with van der Waals surface area (Å²) in [4.78, 5) is 0. The maximum Gasteiger partial charge on any atom is 0.0543 e. The molecule has 156 valence electrons. The minimum atomic E-state index is -0.00446. The zero-order valence-corrected chi connectivity index (χ0v) is 18.7. The second kappa shape index (κ2) is 7.66. The van der Waals surface area contributed by atoms with Crippen molar-refractivity contribution < 1.29 is 5.11 Å². The van der Waals surface area contributed by atoms with Crippen LogP contribution in [0.25, 0.3) is 0 Å². The Morgan fingerprint density at radius 2 is 1.59 bits per heavy atom. The molecule has 27 heavy (non-hydrogen) atoms. The molecule has 8 atom stereocenters. The molecule has 0 amide bonds. The first-order chi connectivity index (χ1) is 12.8. The van der Waals surface area contributed by atoms with E-state index in [1.54, 1.807) is 0 Å². The highest BCUT2D eigenvalue weighted by atomic mass is 16.3. The molecule has 1 nitrogen and oxygen atoms in total. The summed E-state index contributed by atoms with van der Waals surface area (Å²) >= 11 is 0. The molecule has 4 saturated carbocycles. The van der Waals surface area contributed by atoms with Gasteiger partial charge in [-0.1, -0.05) is 47.0 Å². The van der Waals surface area contributed by atoms with Crippen LogP contribution in [0.4, 0.5) is 0 Å². The van der Waals surface area contributed by atoms with Gasteiger partial charge in [-0.3, -0.25) is 0 Å². The summed E-state index contributed by atoms with van der Waals surface area (Å²) in [5.74, 6) is 5.66. The van der Waals surface area contributed by atoms with Crippen molar-refractivity contribution >= 4 is 0 Å². The van der Waals surface area contributed by atoms with E-state index < -0.39 is 0 Å². The van der Waals surface area contributed by atoms with E-state index in [2.05, 4.69) is 27.7 Å². The predicted molar refractivity (Wildman–Crippen MR) is 115 cm³/mol. The average Bonchev–Trinajstić information content (AvgIpc) is 2.96. The highest BCUT2D eigenvalue weighted by Crippen LogP contribution is 2.67. The minimum absolute atomic E-state index is 0.00446. The van der Waals surface area contributed by atoms with Gasteiger partial charge in [0.15, 0.2) is 0 Å². The quantitative estimate of drug-likeness (QED) is 0.503. The van der Waals surface area contributed by atoms with E-state index in [0.717, 1.165) is 48.3 Å². The van der Waals surface area contributed by atoms with Crippen molar-refractivity contribution in [1.29, 1.82) is 0 Å². The molecule has 0 radical (unpaired) electrons. The first-order valence-corrected chi connectivity index (χ1v) is 12.5. The lowest BCUT2D eigenvalue weighted by atomic mass is 9.44. The Labute approximate surface area is 169 Å². The molecule has 0 heterocycles. The summed E-state index contributed by atoms with van der Waals surface area (Å²) in [6, 6.07) is 0. The van der Waals surface area contributed by atoms with Crippen LogP contribution < -0.4 is 0 Å². The molecule has 3 unspecified atom stereocenters. The monoisotopic (exact) mass is 374 g/mol. The van der Waals surface area contributed by atoms with Crippen molar-refractivity contribution in [3.63, 3.8) is 0 Å². The third kappa shape index (κ3) is 3.53. The van der Waals surface area contributed by atoms with E-state index in [0.29, 0.717) is 10.8 Å². The van der Waals surface area contributed by atoms with Crippen molar-refractivity contribution in [1.82, 2.24) is 0 Å². The largest absolute Gasteiger partial charge is 0.393 e. The lowest BCUT2D eigenvalue weighted by molar-refractivity contribution is -0.127. The number of aliphatic hydroxyl groups is 1. The van der Waals surface area contributed by atoms with Crippen LogP contribution in [0, 0.1) is 46.3 Å². The first-order valence-electron chi connectivity index (χ1n) is 12.5. The summed E-state index contributed by atoms with van der Waals surface area (Å²) in [6.45, 7) is 10.1. The minimum Gasteiger partial charge on any atom is -0.393 e. The molecule has 1 heteroatoms. The first kappa shape index (κ1) is 20.2. The summed E-state index contributed by atoms with van der Waals surface area (Å²) in [7, 11) is 0. The van der Waals surface area contributed by atoms with Gasteiger partial charge < -0.3 is 5.11 Å². The lowest BCUT2D eigenvalue weighted by Gasteiger charge is -2.61. The number of rotatable bonds is 5. The third-order valence-electron chi connectivity index (χ3n) is 10.4. The Balaban J connectivity index is 1.43. The number of fused-ring (bicyclic) bond motifs is 5. The molecule has 0 saturated heterocycles. The summed E-state index contributed by atoms with van der Waals surface area (Å²) in [5, 5.41) is 10.2.